The van der Waals surface area contributed by atoms with Gasteiger partial charge in [0.25, 0.3) is 6.26 Å². The minimum Gasteiger partial charge on any atom is -0.347 e. The summed E-state index contributed by atoms with van der Waals surface area (Å²) in [6.45, 7) is 9.52. The number of nitriles is 1. The van der Waals surface area contributed by atoms with E-state index in [4.69, 9.17) is 5.26 Å². The zero-order valence-corrected chi connectivity index (χ0v) is 11.7. The highest BCUT2D eigenvalue weighted by molar-refractivity contribution is 5.86. The van der Waals surface area contributed by atoms with E-state index in [-0.39, 0.29) is 5.91 Å². The molecule has 0 aromatic heterocycles. The van der Waals surface area contributed by atoms with Crippen LogP contribution in [0.1, 0.15) is 32.6 Å². The molecule has 0 aromatic carbocycles. The Kier molecular flexibility index (Phi) is 14.2. The molecule has 0 aliphatic heterocycles. The number of hydrogen-bond donors (Lipinski definition) is 0. The van der Waals surface area contributed by atoms with Crippen molar-refractivity contribution in [2.24, 2.45) is 0 Å². The number of rotatable bonds is 7. The van der Waals surface area contributed by atoms with Crippen LogP contribution < -0.4 is 0 Å². The first-order chi connectivity index (χ1) is 9.03. The maximum atomic E-state index is 11.0. The van der Waals surface area contributed by atoms with E-state index in [9.17, 15) is 9.59 Å². The second-order valence-corrected chi connectivity index (χ2v) is 3.74. The van der Waals surface area contributed by atoms with Gasteiger partial charge in [0.2, 0.25) is 5.91 Å². The van der Waals surface area contributed by atoms with Crippen LogP contribution in [0.4, 0.5) is 0 Å². The fourth-order valence-electron chi connectivity index (χ4n) is 1.13. The first-order valence-corrected chi connectivity index (χ1v) is 6.13. The first kappa shape index (κ1) is 19.3. The van der Waals surface area contributed by atoms with Crippen LogP contribution in [-0.2, 0) is 14.3 Å². The zero-order valence-electron chi connectivity index (χ0n) is 11.7. The summed E-state index contributed by atoms with van der Waals surface area (Å²) in [6, 6.07) is 0. The molecule has 19 heavy (non-hydrogen) atoms. The van der Waals surface area contributed by atoms with Crippen LogP contribution in [0, 0.1) is 11.5 Å². The summed E-state index contributed by atoms with van der Waals surface area (Å²) in [5.74, 6) is -0.700. The molecule has 5 heteroatoms. The predicted molar refractivity (Wildman–Crippen MR) is 73.9 cm³/mol. The van der Waals surface area contributed by atoms with Crippen molar-refractivity contribution < 1.29 is 14.3 Å². The molecule has 106 valence electrons. The third-order valence-electron chi connectivity index (χ3n) is 2.21. The highest BCUT2D eigenvalue weighted by Crippen LogP contribution is 2.00. The molecule has 0 saturated carbocycles. The van der Waals surface area contributed by atoms with Crippen molar-refractivity contribution in [2.75, 3.05) is 13.6 Å². The minimum absolute atomic E-state index is 0.0199. The van der Waals surface area contributed by atoms with Crippen molar-refractivity contribution in [3.63, 3.8) is 0 Å². The van der Waals surface area contributed by atoms with Crippen molar-refractivity contribution in [3.05, 3.63) is 25.3 Å². The largest absolute Gasteiger partial charge is 0.347 e. The molecule has 5 nitrogen and oxygen atoms in total. The molecule has 0 bridgehead atoms. The van der Waals surface area contributed by atoms with Gasteiger partial charge in [-0.25, -0.2) is 4.79 Å². The maximum absolute atomic E-state index is 11.0. The summed E-state index contributed by atoms with van der Waals surface area (Å²) in [6.07, 6.45) is 8.29. The Hall–Kier alpha value is -2.09. The third-order valence-corrected chi connectivity index (χ3v) is 2.21. The lowest BCUT2D eigenvalue weighted by molar-refractivity contribution is -0.131. The highest BCUT2D eigenvalue weighted by Gasteiger charge is 2.01. The number of carbonyl (C=O) groups is 2. The van der Waals surface area contributed by atoms with Gasteiger partial charge in [0.1, 0.15) is 0 Å². The number of likely N-dealkylation sites (N-methyl/N-ethyl adjacent to an activating group) is 1. The second kappa shape index (κ2) is 14.0. The van der Waals surface area contributed by atoms with Gasteiger partial charge in [0.05, 0.1) is 0 Å². The summed E-state index contributed by atoms with van der Waals surface area (Å²) < 4.78 is 3.74. The van der Waals surface area contributed by atoms with Gasteiger partial charge in [-0.05, 0) is 12.5 Å². The Labute approximate surface area is 115 Å². The van der Waals surface area contributed by atoms with Gasteiger partial charge >= 0.3 is 5.97 Å². The molecule has 0 aliphatic rings. The molecule has 1 amide bonds. The van der Waals surface area contributed by atoms with E-state index < -0.39 is 5.97 Å². The average Bonchev–Trinajstić information content (AvgIpc) is 2.43. The Morgan fingerprint density at radius 1 is 1.26 bits per heavy atom. The van der Waals surface area contributed by atoms with Gasteiger partial charge < -0.3 is 9.64 Å². The van der Waals surface area contributed by atoms with E-state index in [0.717, 1.165) is 19.0 Å². The van der Waals surface area contributed by atoms with E-state index in [0.29, 0.717) is 0 Å². The van der Waals surface area contributed by atoms with Gasteiger partial charge in [-0.2, -0.15) is 0 Å². The summed E-state index contributed by atoms with van der Waals surface area (Å²) in [4.78, 5) is 22.5. The fourth-order valence-corrected chi connectivity index (χ4v) is 1.13. The van der Waals surface area contributed by atoms with E-state index >= 15 is 0 Å². The second-order valence-electron chi connectivity index (χ2n) is 3.74. The smallest absolute Gasteiger partial charge is 0.345 e. The van der Waals surface area contributed by atoms with Crippen LogP contribution in [0.2, 0.25) is 0 Å². The average molecular weight is 266 g/mol. The minimum atomic E-state index is -0.720. The summed E-state index contributed by atoms with van der Waals surface area (Å²) >= 11 is 0. The van der Waals surface area contributed by atoms with Crippen molar-refractivity contribution in [3.8, 4) is 6.26 Å². The molecular formula is C14H22N2O3. The molecule has 0 radical (unpaired) electrons. The summed E-state index contributed by atoms with van der Waals surface area (Å²) in [7, 11) is 1.82. The van der Waals surface area contributed by atoms with Gasteiger partial charge in [-0.3, -0.25) is 4.79 Å². The molecule has 0 unspecified atom stereocenters. The number of nitrogens with zero attached hydrogens (tertiary/aromatic N) is 2. The van der Waals surface area contributed by atoms with E-state index in [1.54, 1.807) is 4.90 Å². The number of amides is 1. The Balaban J connectivity index is 0. The van der Waals surface area contributed by atoms with Crippen LogP contribution in [0.5, 0.6) is 0 Å². The van der Waals surface area contributed by atoms with E-state index in [1.165, 1.54) is 31.6 Å². The van der Waals surface area contributed by atoms with Crippen molar-refractivity contribution in [1.82, 2.24) is 4.90 Å². The Morgan fingerprint density at radius 2 is 1.89 bits per heavy atom. The molecule has 0 aromatic rings. The molecular weight excluding hydrogens is 244 g/mol. The molecule has 0 heterocycles. The van der Waals surface area contributed by atoms with Crippen LogP contribution in [-0.4, -0.2) is 30.4 Å². The topological polar surface area (TPSA) is 70.4 Å². The highest BCUT2D eigenvalue weighted by atomic mass is 16.5. The molecule has 0 aliphatic carbocycles. The van der Waals surface area contributed by atoms with Gasteiger partial charge in [0.15, 0.2) is 0 Å². The summed E-state index contributed by atoms with van der Waals surface area (Å²) in [5, 5.41) is 7.63. The first-order valence-electron chi connectivity index (χ1n) is 6.13. The quantitative estimate of drug-likeness (QED) is 0.307. The number of hydrogen-bond acceptors (Lipinski definition) is 4. The number of esters is 1. The zero-order chi connectivity index (χ0) is 15.1. The number of carbonyl (C=O) groups excluding carboxylic acids is 2. The summed E-state index contributed by atoms with van der Waals surface area (Å²) in [5.41, 5.74) is 0. The number of unbranched alkanes of at least 4 members (excludes halogenated alkanes) is 3. The fraction of sp³-hybridized carbons (Fsp3) is 0.500. The molecule has 0 spiro atoms. The van der Waals surface area contributed by atoms with Gasteiger partial charge in [-0.1, -0.05) is 39.3 Å². The van der Waals surface area contributed by atoms with Crippen LogP contribution in [0.15, 0.2) is 25.3 Å². The molecule has 0 fully saturated rings. The molecule has 0 rings (SSSR count). The Morgan fingerprint density at radius 3 is 2.26 bits per heavy atom. The van der Waals surface area contributed by atoms with Crippen LogP contribution >= 0.6 is 0 Å². The SMILES string of the molecule is C=CC(=O)N(C)CCCCCC.C=CC(=O)OC#N. The third kappa shape index (κ3) is 13.8. The normalized spacial score (nSPS) is 8.26. The van der Waals surface area contributed by atoms with Crippen LogP contribution in [0.25, 0.3) is 0 Å². The lowest BCUT2D eigenvalue weighted by atomic mass is 10.2. The number of ether oxygens (including phenoxy) is 1. The molecule has 0 saturated heterocycles. The van der Waals surface area contributed by atoms with Gasteiger partial charge in [-0.15, -0.1) is 5.26 Å². The molecule has 0 atom stereocenters. The monoisotopic (exact) mass is 266 g/mol. The lowest BCUT2D eigenvalue weighted by Crippen LogP contribution is -2.25. The van der Waals surface area contributed by atoms with E-state index in [1.807, 2.05) is 7.05 Å². The van der Waals surface area contributed by atoms with Crippen LogP contribution in [0.3, 0.4) is 0 Å². The van der Waals surface area contributed by atoms with Crippen molar-refractivity contribution >= 4 is 11.9 Å². The molecule has 0 N–H and O–H groups in total. The van der Waals surface area contributed by atoms with Crippen molar-refractivity contribution in [2.45, 2.75) is 32.6 Å². The maximum Gasteiger partial charge on any atom is 0.345 e. The lowest BCUT2D eigenvalue weighted by Gasteiger charge is -2.14. The predicted octanol–water partition coefficient (Wildman–Crippen LogP) is 2.41. The Bertz CT molecular complexity index is 332. The van der Waals surface area contributed by atoms with Crippen molar-refractivity contribution in [1.29, 1.82) is 5.26 Å². The van der Waals surface area contributed by atoms with Gasteiger partial charge in [0, 0.05) is 19.7 Å². The standard InChI is InChI=1S/C10H19NO.C4H3NO2/c1-4-6-7-8-9-11(3)10(12)5-2;1-2-4(6)7-3-5/h5H,2,4,6-9H2,1,3H3;2H,1H2. The van der Waals surface area contributed by atoms with E-state index in [2.05, 4.69) is 24.8 Å².